The summed E-state index contributed by atoms with van der Waals surface area (Å²) in [5.41, 5.74) is 2.90. The Morgan fingerprint density at radius 3 is 2.53 bits per heavy atom. The number of aryl methyl sites for hydroxylation is 2. The summed E-state index contributed by atoms with van der Waals surface area (Å²) in [6.45, 7) is 3.19. The van der Waals surface area contributed by atoms with Crippen molar-refractivity contribution in [2.75, 3.05) is 27.3 Å². The fourth-order valence-corrected chi connectivity index (χ4v) is 3.91. The molecule has 0 spiro atoms. The summed E-state index contributed by atoms with van der Waals surface area (Å²) < 4.78 is 18.4. The zero-order chi connectivity index (χ0) is 22.7. The predicted octanol–water partition coefficient (Wildman–Crippen LogP) is 3.49. The van der Waals surface area contributed by atoms with Gasteiger partial charge in [-0.1, -0.05) is 6.07 Å². The zero-order valence-corrected chi connectivity index (χ0v) is 18.9. The molecule has 3 heterocycles. The van der Waals surface area contributed by atoms with Crippen LogP contribution in [0, 0.1) is 6.92 Å². The van der Waals surface area contributed by atoms with E-state index in [0.29, 0.717) is 41.9 Å². The number of carbonyl (C=O) groups is 1. The molecule has 0 atom stereocenters. The van der Waals surface area contributed by atoms with Gasteiger partial charge in [0.15, 0.2) is 0 Å². The van der Waals surface area contributed by atoms with Gasteiger partial charge >= 0.3 is 0 Å². The molecule has 3 aromatic rings. The van der Waals surface area contributed by atoms with Crippen molar-refractivity contribution in [1.82, 2.24) is 19.7 Å². The number of likely N-dealkylation sites (tertiary alicyclic amines) is 1. The summed E-state index contributed by atoms with van der Waals surface area (Å²) in [5, 5.41) is 4.56. The normalized spacial score (nSPS) is 14.3. The molecule has 0 radical (unpaired) electrons. The third-order valence-electron chi connectivity index (χ3n) is 5.66. The highest BCUT2D eigenvalue weighted by Crippen LogP contribution is 2.33. The van der Waals surface area contributed by atoms with Crippen molar-refractivity contribution >= 4 is 5.91 Å². The van der Waals surface area contributed by atoms with Gasteiger partial charge in [-0.15, -0.1) is 0 Å². The maximum Gasteiger partial charge on any atom is 0.272 e. The molecule has 0 saturated carbocycles. The summed E-state index contributed by atoms with van der Waals surface area (Å²) in [6, 6.07) is 13.1. The SMILES string of the molecule is COc1ccc(OC)c(-c2cc(C(=O)N3CCC(Oc4cccc(C)n4)CC3)n(C)n2)c1. The van der Waals surface area contributed by atoms with Crippen LogP contribution in [0.4, 0.5) is 0 Å². The van der Waals surface area contributed by atoms with Crippen molar-refractivity contribution in [1.29, 1.82) is 0 Å². The second kappa shape index (κ2) is 9.30. The van der Waals surface area contributed by atoms with Gasteiger partial charge in [0.1, 0.15) is 23.3 Å². The minimum Gasteiger partial charge on any atom is -0.497 e. The maximum absolute atomic E-state index is 13.2. The average Bonchev–Trinajstić information content (AvgIpc) is 3.20. The molecular formula is C24H28N4O4. The van der Waals surface area contributed by atoms with Crippen molar-refractivity contribution in [3.63, 3.8) is 0 Å². The van der Waals surface area contributed by atoms with E-state index >= 15 is 0 Å². The van der Waals surface area contributed by atoms with Crippen LogP contribution in [0.1, 0.15) is 29.0 Å². The van der Waals surface area contributed by atoms with E-state index in [1.54, 1.807) is 32.0 Å². The van der Waals surface area contributed by atoms with E-state index in [1.165, 1.54) is 0 Å². The molecule has 168 valence electrons. The van der Waals surface area contributed by atoms with Crippen LogP contribution in [0.3, 0.4) is 0 Å². The van der Waals surface area contributed by atoms with Crippen molar-refractivity contribution in [3.05, 3.63) is 53.9 Å². The lowest BCUT2D eigenvalue weighted by atomic mass is 10.1. The Hall–Kier alpha value is -3.55. The Bertz CT molecular complexity index is 1100. The Morgan fingerprint density at radius 2 is 1.84 bits per heavy atom. The van der Waals surface area contributed by atoms with Crippen molar-refractivity contribution in [3.8, 4) is 28.6 Å². The molecule has 1 aromatic carbocycles. The third kappa shape index (κ3) is 4.54. The number of hydrogen-bond donors (Lipinski definition) is 0. The first-order chi connectivity index (χ1) is 15.5. The average molecular weight is 437 g/mol. The highest BCUT2D eigenvalue weighted by atomic mass is 16.5. The van der Waals surface area contributed by atoms with Gasteiger partial charge in [0.25, 0.3) is 5.91 Å². The zero-order valence-electron chi connectivity index (χ0n) is 18.9. The van der Waals surface area contributed by atoms with E-state index in [2.05, 4.69) is 10.1 Å². The molecule has 0 unspecified atom stereocenters. The van der Waals surface area contributed by atoms with E-state index in [-0.39, 0.29) is 12.0 Å². The number of aromatic nitrogens is 3. The van der Waals surface area contributed by atoms with E-state index in [0.717, 1.165) is 24.1 Å². The molecule has 1 aliphatic heterocycles. The lowest BCUT2D eigenvalue weighted by molar-refractivity contribution is 0.0578. The molecule has 2 aromatic heterocycles. The lowest BCUT2D eigenvalue weighted by Gasteiger charge is -2.31. The third-order valence-corrected chi connectivity index (χ3v) is 5.66. The first kappa shape index (κ1) is 21.7. The minimum absolute atomic E-state index is 0.0414. The number of carbonyl (C=O) groups excluding carboxylic acids is 1. The van der Waals surface area contributed by atoms with Gasteiger partial charge < -0.3 is 19.1 Å². The number of pyridine rings is 1. The molecule has 0 N–H and O–H groups in total. The molecular weight excluding hydrogens is 408 g/mol. The number of nitrogens with zero attached hydrogens (tertiary/aromatic N) is 4. The van der Waals surface area contributed by atoms with Crippen LogP contribution in [0.25, 0.3) is 11.3 Å². The van der Waals surface area contributed by atoms with Gasteiger partial charge in [-0.3, -0.25) is 9.48 Å². The smallest absolute Gasteiger partial charge is 0.272 e. The van der Waals surface area contributed by atoms with Crippen LogP contribution < -0.4 is 14.2 Å². The summed E-state index contributed by atoms with van der Waals surface area (Å²) in [5.74, 6) is 1.97. The van der Waals surface area contributed by atoms with Gasteiger partial charge in [0, 0.05) is 50.3 Å². The largest absolute Gasteiger partial charge is 0.497 e. The van der Waals surface area contributed by atoms with E-state index in [1.807, 2.05) is 48.2 Å². The van der Waals surface area contributed by atoms with Gasteiger partial charge in [0.2, 0.25) is 5.88 Å². The molecule has 32 heavy (non-hydrogen) atoms. The van der Waals surface area contributed by atoms with E-state index in [4.69, 9.17) is 14.2 Å². The van der Waals surface area contributed by atoms with Gasteiger partial charge in [0.05, 0.1) is 19.9 Å². The van der Waals surface area contributed by atoms with Crippen LogP contribution >= 0.6 is 0 Å². The topological polar surface area (TPSA) is 78.7 Å². The van der Waals surface area contributed by atoms with Crippen LogP contribution in [0.2, 0.25) is 0 Å². The Kier molecular flexibility index (Phi) is 6.30. The standard InChI is InChI=1S/C24H28N4O4/c1-16-6-5-7-23(25-16)32-17-10-12-28(13-11-17)24(29)21-15-20(26-27(21)2)19-14-18(30-3)8-9-22(19)31-4/h5-9,14-15,17H,10-13H2,1-4H3. The number of rotatable bonds is 6. The fraction of sp³-hybridized carbons (Fsp3) is 0.375. The minimum atomic E-state index is -0.0414. The fourth-order valence-electron chi connectivity index (χ4n) is 3.91. The highest BCUT2D eigenvalue weighted by Gasteiger charge is 2.27. The Balaban J connectivity index is 1.45. The summed E-state index contributed by atoms with van der Waals surface area (Å²) in [6.07, 6.45) is 1.57. The van der Waals surface area contributed by atoms with Crippen LogP contribution in [-0.2, 0) is 7.05 Å². The Morgan fingerprint density at radius 1 is 1.06 bits per heavy atom. The molecule has 0 aliphatic carbocycles. The number of methoxy groups -OCH3 is 2. The van der Waals surface area contributed by atoms with Crippen molar-refractivity contribution in [2.24, 2.45) is 7.05 Å². The van der Waals surface area contributed by atoms with Crippen LogP contribution in [-0.4, -0.2) is 59.0 Å². The molecule has 1 aliphatic rings. The van der Waals surface area contributed by atoms with Gasteiger partial charge in [-0.05, 0) is 37.3 Å². The van der Waals surface area contributed by atoms with E-state index in [9.17, 15) is 4.79 Å². The lowest BCUT2D eigenvalue weighted by Crippen LogP contribution is -2.42. The number of amides is 1. The monoisotopic (exact) mass is 436 g/mol. The molecule has 1 amide bonds. The first-order valence-corrected chi connectivity index (χ1v) is 10.6. The molecule has 1 saturated heterocycles. The first-order valence-electron chi connectivity index (χ1n) is 10.6. The molecule has 8 nitrogen and oxygen atoms in total. The van der Waals surface area contributed by atoms with Gasteiger partial charge in [-0.2, -0.15) is 5.10 Å². The predicted molar refractivity (Wildman–Crippen MR) is 120 cm³/mol. The summed E-state index contributed by atoms with van der Waals surface area (Å²) >= 11 is 0. The summed E-state index contributed by atoms with van der Waals surface area (Å²) in [7, 11) is 5.00. The second-order valence-corrected chi connectivity index (χ2v) is 7.83. The highest BCUT2D eigenvalue weighted by molar-refractivity contribution is 5.94. The quantitative estimate of drug-likeness (QED) is 0.589. The van der Waals surface area contributed by atoms with Crippen LogP contribution in [0.15, 0.2) is 42.5 Å². The summed E-state index contributed by atoms with van der Waals surface area (Å²) in [4.78, 5) is 19.5. The molecule has 4 rings (SSSR count). The Labute approximate surface area is 187 Å². The molecule has 1 fully saturated rings. The number of hydrogen-bond acceptors (Lipinski definition) is 6. The number of piperidine rings is 1. The van der Waals surface area contributed by atoms with Gasteiger partial charge in [-0.25, -0.2) is 4.98 Å². The van der Waals surface area contributed by atoms with E-state index < -0.39 is 0 Å². The number of ether oxygens (including phenoxy) is 3. The molecule has 8 heteroatoms. The number of benzene rings is 1. The second-order valence-electron chi connectivity index (χ2n) is 7.83. The van der Waals surface area contributed by atoms with Crippen LogP contribution in [0.5, 0.6) is 17.4 Å². The molecule has 0 bridgehead atoms. The maximum atomic E-state index is 13.2. The van der Waals surface area contributed by atoms with Crippen molar-refractivity contribution < 1.29 is 19.0 Å². The van der Waals surface area contributed by atoms with Crippen molar-refractivity contribution in [2.45, 2.75) is 25.9 Å².